The first-order valence-corrected chi connectivity index (χ1v) is 12.9. The zero-order chi connectivity index (χ0) is 27.7. The topological polar surface area (TPSA) is 107 Å². The number of anilines is 1. The van der Waals surface area contributed by atoms with Gasteiger partial charge in [-0.25, -0.2) is 4.98 Å². The van der Waals surface area contributed by atoms with Crippen molar-refractivity contribution >= 4 is 44.1 Å². The molecule has 5 rings (SSSR count). The molecule has 1 aliphatic heterocycles. The van der Waals surface area contributed by atoms with Crippen molar-refractivity contribution in [2.24, 2.45) is 0 Å². The average molecular weight is 547 g/mol. The number of fused-ring (bicyclic) bond motifs is 1. The summed E-state index contributed by atoms with van der Waals surface area (Å²) in [6.07, 6.45) is 0. The molecule has 9 nitrogen and oxygen atoms in total. The Bertz CT molecular complexity index is 1590. The molecule has 1 aliphatic rings. The van der Waals surface area contributed by atoms with Crippen molar-refractivity contribution in [3.05, 3.63) is 77.4 Å². The Balaban J connectivity index is 1.70. The quantitative estimate of drug-likeness (QED) is 0.179. The van der Waals surface area contributed by atoms with Crippen LogP contribution in [0.3, 0.4) is 0 Å². The normalized spacial score (nSPS) is 16.5. The van der Waals surface area contributed by atoms with E-state index in [1.807, 2.05) is 13.0 Å². The van der Waals surface area contributed by atoms with Crippen molar-refractivity contribution in [1.82, 2.24) is 4.98 Å². The predicted molar refractivity (Wildman–Crippen MR) is 148 cm³/mol. The Labute approximate surface area is 228 Å². The highest BCUT2D eigenvalue weighted by atomic mass is 32.1. The molecule has 1 amide bonds. The van der Waals surface area contributed by atoms with Gasteiger partial charge in [0, 0.05) is 5.56 Å². The van der Waals surface area contributed by atoms with Crippen molar-refractivity contribution in [3.8, 4) is 23.0 Å². The van der Waals surface area contributed by atoms with Gasteiger partial charge in [-0.05, 0) is 67.1 Å². The number of benzene rings is 3. The van der Waals surface area contributed by atoms with Gasteiger partial charge in [0.05, 0.1) is 49.8 Å². The number of aliphatic hydroxyl groups is 1. The van der Waals surface area contributed by atoms with E-state index in [0.29, 0.717) is 51.4 Å². The van der Waals surface area contributed by atoms with Gasteiger partial charge in [0.15, 0.2) is 16.6 Å². The van der Waals surface area contributed by atoms with Gasteiger partial charge in [-0.1, -0.05) is 17.4 Å². The molecule has 1 aromatic heterocycles. The maximum absolute atomic E-state index is 13.6. The minimum Gasteiger partial charge on any atom is -0.507 e. The Kier molecular flexibility index (Phi) is 7.12. The number of Topliss-reactive ketones (excluding diaryl/α,β-unsaturated/α-hetero) is 1. The Morgan fingerprint density at radius 3 is 2.31 bits per heavy atom. The van der Waals surface area contributed by atoms with Gasteiger partial charge in [0.1, 0.15) is 17.3 Å². The fraction of sp³-hybridized carbons (Fsp3) is 0.207. The van der Waals surface area contributed by atoms with Crippen LogP contribution in [0.1, 0.15) is 24.1 Å². The Morgan fingerprint density at radius 1 is 0.923 bits per heavy atom. The lowest BCUT2D eigenvalue weighted by atomic mass is 9.95. The van der Waals surface area contributed by atoms with Crippen LogP contribution in [-0.2, 0) is 9.59 Å². The van der Waals surface area contributed by atoms with Gasteiger partial charge < -0.3 is 24.1 Å². The zero-order valence-corrected chi connectivity index (χ0v) is 22.6. The molecule has 0 aliphatic carbocycles. The van der Waals surface area contributed by atoms with Crippen LogP contribution in [0.4, 0.5) is 5.13 Å². The molecule has 0 spiro atoms. The Morgan fingerprint density at radius 2 is 1.64 bits per heavy atom. The summed E-state index contributed by atoms with van der Waals surface area (Å²) >= 11 is 1.26. The molecule has 0 radical (unpaired) electrons. The number of rotatable bonds is 8. The summed E-state index contributed by atoms with van der Waals surface area (Å²) in [7, 11) is 4.55. The number of amides is 1. The number of hydrogen-bond donors (Lipinski definition) is 1. The van der Waals surface area contributed by atoms with Gasteiger partial charge in [0.25, 0.3) is 5.78 Å². The van der Waals surface area contributed by atoms with E-state index in [2.05, 4.69) is 4.98 Å². The highest BCUT2D eigenvalue weighted by Crippen LogP contribution is 2.46. The summed E-state index contributed by atoms with van der Waals surface area (Å²) in [4.78, 5) is 33.1. The minimum atomic E-state index is -0.973. The number of carbonyl (C=O) groups excluding carboxylic acids is 2. The molecule has 3 aromatic carbocycles. The number of thiazole rings is 1. The van der Waals surface area contributed by atoms with E-state index in [4.69, 9.17) is 18.9 Å². The average Bonchev–Trinajstić information content (AvgIpc) is 3.50. The first kappa shape index (κ1) is 26.1. The molecule has 10 heteroatoms. The second kappa shape index (κ2) is 10.7. The number of ether oxygens (including phenoxy) is 4. The zero-order valence-electron chi connectivity index (χ0n) is 21.8. The minimum absolute atomic E-state index is 0.0633. The standard InChI is InChI=1S/C29H26N2O7S/c1-5-38-19-11-12-20-23(15-19)39-29(30-20)31-25(17-8-13-21(36-3)22(14-17)37-4)24(27(33)28(31)34)26(32)16-6-9-18(35-2)10-7-16/h6-15,25,32H,5H2,1-4H3/b26-24+. The van der Waals surface area contributed by atoms with E-state index in [1.165, 1.54) is 37.6 Å². The second-order valence-electron chi connectivity index (χ2n) is 8.57. The first-order valence-electron chi connectivity index (χ1n) is 12.1. The molecular weight excluding hydrogens is 520 g/mol. The molecule has 39 heavy (non-hydrogen) atoms. The first-order chi connectivity index (χ1) is 18.9. The second-order valence-corrected chi connectivity index (χ2v) is 9.58. The number of hydrogen-bond acceptors (Lipinski definition) is 9. The highest BCUT2D eigenvalue weighted by Gasteiger charge is 2.48. The largest absolute Gasteiger partial charge is 0.507 e. The molecule has 2 heterocycles. The van der Waals surface area contributed by atoms with Gasteiger partial charge in [-0.2, -0.15) is 0 Å². The summed E-state index contributed by atoms with van der Waals surface area (Å²) in [6, 6.07) is 16.2. The van der Waals surface area contributed by atoms with Crippen LogP contribution < -0.4 is 23.8 Å². The van der Waals surface area contributed by atoms with Crippen molar-refractivity contribution in [1.29, 1.82) is 0 Å². The van der Waals surface area contributed by atoms with Gasteiger partial charge in [0.2, 0.25) is 0 Å². The van der Waals surface area contributed by atoms with Crippen molar-refractivity contribution in [3.63, 3.8) is 0 Å². The molecule has 200 valence electrons. The molecule has 0 saturated carbocycles. The van der Waals surface area contributed by atoms with Crippen LogP contribution in [-0.4, -0.2) is 49.7 Å². The van der Waals surface area contributed by atoms with Crippen LogP contribution >= 0.6 is 11.3 Å². The third kappa shape index (κ3) is 4.63. The lowest BCUT2D eigenvalue weighted by Crippen LogP contribution is -2.29. The predicted octanol–water partition coefficient (Wildman–Crippen LogP) is 5.35. The summed E-state index contributed by atoms with van der Waals surface area (Å²) in [5, 5.41) is 11.7. The lowest BCUT2D eigenvalue weighted by Gasteiger charge is -2.23. The molecule has 1 atom stereocenters. The number of carbonyl (C=O) groups is 2. The van der Waals surface area contributed by atoms with E-state index < -0.39 is 17.7 Å². The van der Waals surface area contributed by atoms with Crippen LogP contribution in [0.15, 0.2) is 66.2 Å². The molecule has 0 bridgehead atoms. The molecule has 1 unspecified atom stereocenters. The number of aliphatic hydroxyl groups excluding tert-OH is 1. The monoisotopic (exact) mass is 546 g/mol. The van der Waals surface area contributed by atoms with Crippen LogP contribution in [0.25, 0.3) is 16.0 Å². The van der Waals surface area contributed by atoms with Gasteiger partial charge >= 0.3 is 5.91 Å². The smallest absolute Gasteiger partial charge is 0.301 e. The SMILES string of the molecule is CCOc1ccc2nc(N3C(=O)C(=O)/C(=C(/O)c4ccc(OC)cc4)C3c3ccc(OC)c(OC)c3)sc2c1. The van der Waals surface area contributed by atoms with Gasteiger partial charge in [-0.3, -0.25) is 14.5 Å². The summed E-state index contributed by atoms with van der Waals surface area (Å²) in [5.74, 6) is 0.236. The van der Waals surface area contributed by atoms with Crippen LogP contribution in [0, 0.1) is 0 Å². The number of ketones is 1. The summed E-state index contributed by atoms with van der Waals surface area (Å²) in [6.45, 7) is 2.41. The van der Waals surface area contributed by atoms with Crippen LogP contribution in [0.5, 0.6) is 23.0 Å². The van der Waals surface area contributed by atoms with E-state index in [9.17, 15) is 14.7 Å². The summed E-state index contributed by atoms with van der Waals surface area (Å²) in [5.41, 5.74) is 1.49. The third-order valence-corrected chi connectivity index (χ3v) is 7.41. The number of nitrogens with zero attached hydrogens (tertiary/aromatic N) is 2. The van der Waals surface area contributed by atoms with Crippen LogP contribution in [0.2, 0.25) is 0 Å². The molecular formula is C29H26N2O7S. The molecule has 1 saturated heterocycles. The van der Waals surface area contributed by atoms with E-state index in [1.54, 1.807) is 54.6 Å². The van der Waals surface area contributed by atoms with E-state index in [-0.39, 0.29) is 11.3 Å². The van der Waals surface area contributed by atoms with E-state index >= 15 is 0 Å². The lowest BCUT2D eigenvalue weighted by molar-refractivity contribution is -0.132. The van der Waals surface area contributed by atoms with Crippen molar-refractivity contribution in [2.45, 2.75) is 13.0 Å². The number of methoxy groups -OCH3 is 3. The maximum Gasteiger partial charge on any atom is 0.301 e. The van der Waals surface area contributed by atoms with E-state index in [0.717, 1.165) is 4.70 Å². The fourth-order valence-electron chi connectivity index (χ4n) is 4.52. The Hall–Kier alpha value is -4.57. The third-order valence-electron chi connectivity index (χ3n) is 6.40. The summed E-state index contributed by atoms with van der Waals surface area (Å²) < 4.78 is 22.5. The highest BCUT2D eigenvalue weighted by molar-refractivity contribution is 7.22. The van der Waals surface area contributed by atoms with Gasteiger partial charge in [-0.15, -0.1) is 0 Å². The van der Waals surface area contributed by atoms with Crippen molar-refractivity contribution in [2.75, 3.05) is 32.8 Å². The maximum atomic E-state index is 13.6. The molecule has 1 fully saturated rings. The van der Waals surface area contributed by atoms with Crippen molar-refractivity contribution < 1.29 is 33.6 Å². The number of aromatic nitrogens is 1. The molecule has 4 aromatic rings. The molecule has 1 N–H and O–H groups in total. The fourth-order valence-corrected chi connectivity index (χ4v) is 5.55.